The number of hydrogen-bond donors (Lipinski definition) is 1. The summed E-state index contributed by atoms with van der Waals surface area (Å²) in [6.45, 7) is 8.91. The fraction of sp³-hybridized carbons (Fsp3) is 0.955. The van der Waals surface area contributed by atoms with Crippen LogP contribution in [0.15, 0.2) is 0 Å². The zero-order chi connectivity index (χ0) is 18.2. The first-order valence-corrected chi connectivity index (χ1v) is 10.8. The Kier molecular flexibility index (Phi) is 5.54. The van der Waals surface area contributed by atoms with Gasteiger partial charge in [-0.05, 0) is 87.4 Å². The maximum absolute atomic E-state index is 11.9. The van der Waals surface area contributed by atoms with Gasteiger partial charge in [-0.15, -0.1) is 0 Å². The molecule has 0 aromatic rings. The summed E-state index contributed by atoms with van der Waals surface area (Å²) in [5, 5.41) is 3.37. The summed E-state index contributed by atoms with van der Waals surface area (Å²) >= 11 is 0. The Balaban J connectivity index is 0.000000880. The summed E-state index contributed by atoms with van der Waals surface area (Å²) < 4.78 is 5.69. The third-order valence-corrected chi connectivity index (χ3v) is 8.45. The van der Waals surface area contributed by atoms with Crippen molar-refractivity contribution in [2.75, 3.05) is 7.11 Å². The van der Waals surface area contributed by atoms with Crippen LogP contribution < -0.4 is 5.32 Å². The van der Waals surface area contributed by atoms with Gasteiger partial charge >= 0.3 is 0 Å². The van der Waals surface area contributed by atoms with Crippen molar-refractivity contribution >= 4 is 5.91 Å². The molecule has 3 aliphatic carbocycles. The molecule has 3 unspecified atom stereocenters. The number of hydrogen-bond acceptors (Lipinski definition) is 2. The molecule has 144 valence electrons. The van der Waals surface area contributed by atoms with E-state index in [-0.39, 0.29) is 11.4 Å². The van der Waals surface area contributed by atoms with Crippen molar-refractivity contribution in [1.82, 2.24) is 5.32 Å². The average Bonchev–Trinajstić information content (AvgIpc) is 2.61. The highest BCUT2D eigenvalue weighted by atomic mass is 16.5. The minimum Gasteiger partial charge on any atom is -0.381 e. The standard InChI is InChI=1S/C20H33NO2.C2H6/c1-19-10-8-14(23-3)12-13(19)4-5-15-16(19)9-11-20(2)17(15)6-7-18(22)21-20;1-2/h13-17H,4-12H2,1-3H3,(H,21,22);1-2H3/t13-,14-,15?,16-,17-,19?,20?;/m0./s1. The molecule has 0 aromatic heterocycles. The van der Waals surface area contributed by atoms with Gasteiger partial charge in [0.05, 0.1) is 6.10 Å². The van der Waals surface area contributed by atoms with Crippen LogP contribution >= 0.6 is 0 Å². The van der Waals surface area contributed by atoms with E-state index in [2.05, 4.69) is 19.2 Å². The normalized spacial score (nSPS) is 48.8. The summed E-state index contributed by atoms with van der Waals surface area (Å²) in [6.07, 6.45) is 11.4. The van der Waals surface area contributed by atoms with Gasteiger partial charge in [0, 0.05) is 19.1 Å². The maximum Gasteiger partial charge on any atom is 0.220 e. The second-order valence-electron chi connectivity index (χ2n) is 9.33. The lowest BCUT2D eigenvalue weighted by Gasteiger charge is -2.62. The summed E-state index contributed by atoms with van der Waals surface area (Å²) in [5.74, 6) is 3.53. The van der Waals surface area contributed by atoms with Gasteiger partial charge in [0.1, 0.15) is 0 Å². The van der Waals surface area contributed by atoms with E-state index in [9.17, 15) is 4.79 Å². The lowest BCUT2D eigenvalue weighted by atomic mass is 9.45. The van der Waals surface area contributed by atoms with E-state index in [0.717, 1.165) is 30.6 Å². The first-order chi connectivity index (χ1) is 12.0. The highest BCUT2D eigenvalue weighted by Gasteiger charge is 2.57. The molecule has 3 heteroatoms. The number of amides is 1. The second kappa shape index (κ2) is 7.21. The van der Waals surface area contributed by atoms with Crippen LogP contribution in [0.3, 0.4) is 0 Å². The van der Waals surface area contributed by atoms with Crippen molar-refractivity contribution in [1.29, 1.82) is 0 Å². The number of carbonyl (C=O) groups excluding carboxylic acids is 1. The highest BCUT2D eigenvalue weighted by Crippen LogP contribution is 2.62. The quantitative estimate of drug-likeness (QED) is 0.728. The molecular formula is C22H39NO2. The number of methoxy groups -OCH3 is 1. The fourth-order valence-corrected chi connectivity index (χ4v) is 7.11. The van der Waals surface area contributed by atoms with E-state index in [4.69, 9.17) is 4.74 Å². The predicted octanol–water partition coefficient (Wildman–Crippen LogP) is 4.94. The molecule has 1 aliphatic heterocycles. The molecule has 0 bridgehead atoms. The summed E-state index contributed by atoms with van der Waals surface area (Å²) in [4.78, 5) is 11.9. The summed E-state index contributed by atoms with van der Waals surface area (Å²) in [6, 6.07) is 0. The minimum absolute atomic E-state index is 0.0728. The second-order valence-corrected chi connectivity index (χ2v) is 9.33. The Labute approximate surface area is 154 Å². The molecule has 25 heavy (non-hydrogen) atoms. The van der Waals surface area contributed by atoms with Gasteiger partial charge in [0.25, 0.3) is 0 Å². The van der Waals surface area contributed by atoms with E-state index >= 15 is 0 Å². The van der Waals surface area contributed by atoms with Gasteiger partial charge in [-0.1, -0.05) is 20.8 Å². The van der Waals surface area contributed by atoms with Crippen molar-refractivity contribution < 1.29 is 9.53 Å². The van der Waals surface area contributed by atoms with Gasteiger partial charge in [0.2, 0.25) is 5.91 Å². The average molecular weight is 350 g/mol. The Morgan fingerprint density at radius 1 is 1.00 bits per heavy atom. The number of rotatable bonds is 1. The maximum atomic E-state index is 11.9. The fourth-order valence-electron chi connectivity index (χ4n) is 7.11. The Morgan fingerprint density at radius 3 is 2.48 bits per heavy atom. The molecule has 0 spiro atoms. The van der Waals surface area contributed by atoms with Crippen LogP contribution in [0.5, 0.6) is 0 Å². The molecule has 1 heterocycles. The lowest BCUT2D eigenvalue weighted by molar-refractivity contribution is -0.143. The third kappa shape index (κ3) is 3.15. The van der Waals surface area contributed by atoms with Crippen LogP contribution in [-0.2, 0) is 9.53 Å². The zero-order valence-electron chi connectivity index (χ0n) is 17.1. The molecule has 0 radical (unpaired) electrons. The smallest absolute Gasteiger partial charge is 0.220 e. The highest BCUT2D eigenvalue weighted by molar-refractivity contribution is 5.77. The molecule has 3 nitrogen and oxygen atoms in total. The Bertz CT molecular complexity index is 492. The van der Waals surface area contributed by atoms with Crippen LogP contribution in [0, 0.1) is 29.1 Å². The third-order valence-electron chi connectivity index (χ3n) is 8.45. The Morgan fingerprint density at radius 2 is 1.76 bits per heavy atom. The predicted molar refractivity (Wildman–Crippen MR) is 102 cm³/mol. The van der Waals surface area contributed by atoms with Crippen molar-refractivity contribution in [3.05, 3.63) is 0 Å². The Hall–Kier alpha value is -0.570. The van der Waals surface area contributed by atoms with Crippen LogP contribution in [0.4, 0.5) is 0 Å². The molecule has 4 rings (SSSR count). The van der Waals surface area contributed by atoms with Gasteiger partial charge in [-0.2, -0.15) is 0 Å². The van der Waals surface area contributed by atoms with E-state index < -0.39 is 0 Å². The summed E-state index contributed by atoms with van der Waals surface area (Å²) in [7, 11) is 1.88. The van der Waals surface area contributed by atoms with Gasteiger partial charge < -0.3 is 10.1 Å². The first kappa shape index (κ1) is 19.2. The molecule has 3 saturated carbocycles. The van der Waals surface area contributed by atoms with Crippen molar-refractivity contribution in [2.24, 2.45) is 29.1 Å². The van der Waals surface area contributed by atoms with Gasteiger partial charge in [0.15, 0.2) is 0 Å². The number of nitrogens with one attached hydrogen (secondary N) is 1. The molecule has 4 fully saturated rings. The van der Waals surface area contributed by atoms with Gasteiger partial charge in [-0.25, -0.2) is 0 Å². The van der Waals surface area contributed by atoms with Gasteiger partial charge in [-0.3, -0.25) is 4.79 Å². The van der Waals surface area contributed by atoms with Crippen molar-refractivity contribution in [2.45, 2.75) is 97.1 Å². The van der Waals surface area contributed by atoms with E-state index in [0.29, 0.717) is 17.4 Å². The topological polar surface area (TPSA) is 38.3 Å². The van der Waals surface area contributed by atoms with Crippen LogP contribution in [0.25, 0.3) is 0 Å². The lowest BCUT2D eigenvalue weighted by Crippen LogP contribution is -2.63. The minimum atomic E-state index is 0.0728. The first-order valence-electron chi connectivity index (χ1n) is 10.8. The molecule has 1 amide bonds. The van der Waals surface area contributed by atoms with Crippen molar-refractivity contribution in [3.63, 3.8) is 0 Å². The molecule has 0 aromatic carbocycles. The molecule has 7 atom stereocenters. The largest absolute Gasteiger partial charge is 0.381 e. The van der Waals surface area contributed by atoms with E-state index in [1.807, 2.05) is 21.0 Å². The van der Waals surface area contributed by atoms with Crippen LogP contribution in [0.1, 0.15) is 85.5 Å². The summed E-state index contributed by atoms with van der Waals surface area (Å²) in [5.41, 5.74) is 0.587. The molecule has 4 aliphatic rings. The zero-order valence-corrected chi connectivity index (χ0v) is 17.1. The van der Waals surface area contributed by atoms with Crippen molar-refractivity contribution in [3.8, 4) is 0 Å². The van der Waals surface area contributed by atoms with E-state index in [1.165, 1.54) is 44.9 Å². The monoisotopic (exact) mass is 349 g/mol. The number of fused-ring (bicyclic) bond motifs is 5. The van der Waals surface area contributed by atoms with Crippen LogP contribution in [0.2, 0.25) is 0 Å². The number of ether oxygens (including phenoxy) is 1. The SMILES string of the molecule is CC.CO[C@H]1CCC2(C)[C@@H](CCC3[C@@H]4CCC(=O)NC4(C)CC[C@@H]32)C1. The molecule has 1 N–H and O–H groups in total. The number of piperidine rings is 1. The molecule has 1 saturated heterocycles. The number of carbonyl (C=O) groups is 1. The molecular weight excluding hydrogens is 310 g/mol. The van der Waals surface area contributed by atoms with Crippen LogP contribution in [-0.4, -0.2) is 24.7 Å². The van der Waals surface area contributed by atoms with E-state index in [1.54, 1.807) is 0 Å².